The van der Waals surface area contributed by atoms with E-state index in [9.17, 15) is 4.79 Å². The number of anilines is 1. The zero-order valence-electron chi connectivity index (χ0n) is 8.99. The van der Waals surface area contributed by atoms with Crippen molar-refractivity contribution in [2.75, 3.05) is 12.3 Å². The van der Waals surface area contributed by atoms with Gasteiger partial charge >= 0.3 is 0 Å². The Kier molecular flexibility index (Phi) is 2.62. The standard InChI is InChI=1S/C12H16N2O/c1-2-3-7-14-8-9-5-4-6-10(13)11(9)12(14)15/h4-6H,2-3,7-8,13H2,1H3. The first-order valence-electron chi connectivity index (χ1n) is 5.40. The Bertz CT molecular complexity index is 387. The minimum absolute atomic E-state index is 0.0940. The maximum atomic E-state index is 12.0. The van der Waals surface area contributed by atoms with Crippen molar-refractivity contribution >= 4 is 11.6 Å². The number of hydrogen-bond donors (Lipinski definition) is 1. The molecule has 0 fully saturated rings. The van der Waals surface area contributed by atoms with Crippen molar-refractivity contribution in [2.24, 2.45) is 0 Å². The lowest BCUT2D eigenvalue weighted by Crippen LogP contribution is -2.25. The van der Waals surface area contributed by atoms with Crippen LogP contribution in [-0.4, -0.2) is 17.4 Å². The van der Waals surface area contributed by atoms with Crippen LogP contribution >= 0.6 is 0 Å². The number of hydrogen-bond acceptors (Lipinski definition) is 2. The number of nitrogens with zero attached hydrogens (tertiary/aromatic N) is 1. The summed E-state index contributed by atoms with van der Waals surface area (Å²) in [5, 5.41) is 0. The van der Waals surface area contributed by atoms with Crippen LogP contribution in [0.15, 0.2) is 18.2 Å². The second-order valence-electron chi connectivity index (χ2n) is 3.96. The Morgan fingerprint density at radius 1 is 1.47 bits per heavy atom. The number of fused-ring (bicyclic) bond motifs is 1. The number of carbonyl (C=O) groups excluding carboxylic acids is 1. The summed E-state index contributed by atoms with van der Waals surface area (Å²) in [6.45, 7) is 3.69. The van der Waals surface area contributed by atoms with E-state index in [-0.39, 0.29) is 5.91 Å². The van der Waals surface area contributed by atoms with Crippen molar-refractivity contribution in [3.63, 3.8) is 0 Å². The molecule has 0 unspecified atom stereocenters. The molecule has 1 heterocycles. The zero-order valence-corrected chi connectivity index (χ0v) is 8.99. The first-order chi connectivity index (χ1) is 7.24. The third kappa shape index (κ3) is 1.69. The molecular weight excluding hydrogens is 188 g/mol. The van der Waals surface area contributed by atoms with Crippen LogP contribution in [-0.2, 0) is 6.54 Å². The molecule has 0 atom stereocenters. The Morgan fingerprint density at radius 3 is 2.93 bits per heavy atom. The van der Waals surface area contributed by atoms with Crippen LogP contribution in [0, 0.1) is 0 Å². The number of nitrogen functional groups attached to an aromatic ring is 1. The molecule has 3 nitrogen and oxygen atoms in total. The molecule has 0 radical (unpaired) electrons. The molecule has 2 N–H and O–H groups in total. The number of unbranched alkanes of at least 4 members (excludes halogenated alkanes) is 1. The van der Waals surface area contributed by atoms with Crippen LogP contribution in [0.5, 0.6) is 0 Å². The fourth-order valence-corrected chi connectivity index (χ4v) is 1.98. The molecule has 3 heteroatoms. The second-order valence-corrected chi connectivity index (χ2v) is 3.96. The van der Waals surface area contributed by atoms with Crippen molar-refractivity contribution in [1.29, 1.82) is 0 Å². The van der Waals surface area contributed by atoms with Gasteiger partial charge in [0.1, 0.15) is 0 Å². The minimum atomic E-state index is 0.0940. The summed E-state index contributed by atoms with van der Waals surface area (Å²) in [5.74, 6) is 0.0940. The smallest absolute Gasteiger partial charge is 0.256 e. The van der Waals surface area contributed by atoms with Gasteiger partial charge in [0.2, 0.25) is 0 Å². The third-order valence-corrected chi connectivity index (χ3v) is 2.83. The van der Waals surface area contributed by atoms with Crippen LogP contribution < -0.4 is 5.73 Å². The summed E-state index contributed by atoms with van der Waals surface area (Å²) in [4.78, 5) is 13.8. The van der Waals surface area contributed by atoms with Gasteiger partial charge in [-0.1, -0.05) is 25.5 Å². The predicted octanol–water partition coefficient (Wildman–Crippen LogP) is 2.02. The number of carbonyl (C=O) groups is 1. The molecule has 1 amide bonds. The number of benzene rings is 1. The lowest BCUT2D eigenvalue weighted by molar-refractivity contribution is 0.0777. The van der Waals surface area contributed by atoms with Gasteiger partial charge in [-0.2, -0.15) is 0 Å². The number of rotatable bonds is 3. The molecule has 1 aliphatic rings. The van der Waals surface area contributed by atoms with Crippen LogP contribution in [0.1, 0.15) is 35.7 Å². The van der Waals surface area contributed by atoms with Crippen LogP contribution in [0.2, 0.25) is 0 Å². The minimum Gasteiger partial charge on any atom is -0.398 e. The second kappa shape index (κ2) is 3.93. The summed E-state index contributed by atoms with van der Waals surface area (Å²) >= 11 is 0. The Morgan fingerprint density at radius 2 is 2.27 bits per heavy atom. The van der Waals surface area contributed by atoms with Gasteiger partial charge in [0, 0.05) is 18.8 Å². The summed E-state index contributed by atoms with van der Waals surface area (Å²) in [6.07, 6.45) is 2.16. The van der Waals surface area contributed by atoms with E-state index in [1.54, 1.807) is 6.07 Å². The Balaban J connectivity index is 2.22. The van der Waals surface area contributed by atoms with Gasteiger partial charge in [0.15, 0.2) is 0 Å². The highest BCUT2D eigenvalue weighted by Crippen LogP contribution is 2.27. The van der Waals surface area contributed by atoms with E-state index < -0.39 is 0 Å². The first-order valence-corrected chi connectivity index (χ1v) is 5.40. The van der Waals surface area contributed by atoms with Crippen LogP contribution in [0.3, 0.4) is 0 Å². The highest BCUT2D eigenvalue weighted by Gasteiger charge is 2.28. The molecule has 80 valence electrons. The van der Waals surface area contributed by atoms with Gasteiger partial charge in [-0.05, 0) is 18.1 Å². The first kappa shape index (κ1) is 10.0. The SMILES string of the molecule is CCCCN1Cc2cccc(N)c2C1=O. The Hall–Kier alpha value is -1.51. The summed E-state index contributed by atoms with van der Waals surface area (Å²) in [7, 11) is 0. The number of amides is 1. The Labute approximate surface area is 89.9 Å². The highest BCUT2D eigenvalue weighted by atomic mass is 16.2. The van der Waals surface area contributed by atoms with Crippen molar-refractivity contribution in [2.45, 2.75) is 26.3 Å². The molecule has 0 aromatic heterocycles. The summed E-state index contributed by atoms with van der Waals surface area (Å²) in [6, 6.07) is 5.68. The van der Waals surface area contributed by atoms with Crippen LogP contribution in [0.25, 0.3) is 0 Å². The van der Waals surface area contributed by atoms with E-state index in [1.807, 2.05) is 17.0 Å². The van der Waals surface area contributed by atoms with Gasteiger partial charge in [-0.25, -0.2) is 0 Å². The zero-order chi connectivity index (χ0) is 10.8. The van der Waals surface area contributed by atoms with Gasteiger partial charge in [-0.3, -0.25) is 4.79 Å². The normalized spacial score (nSPS) is 14.5. The summed E-state index contributed by atoms with van der Waals surface area (Å²) < 4.78 is 0. The summed E-state index contributed by atoms with van der Waals surface area (Å²) in [5.41, 5.74) is 8.20. The van der Waals surface area contributed by atoms with Gasteiger partial charge in [-0.15, -0.1) is 0 Å². The molecule has 1 aliphatic heterocycles. The molecule has 0 saturated heterocycles. The van der Waals surface area contributed by atoms with E-state index in [2.05, 4.69) is 6.92 Å². The maximum absolute atomic E-state index is 12.0. The molecular formula is C12H16N2O. The van der Waals surface area contributed by atoms with Gasteiger partial charge in [0.05, 0.1) is 5.56 Å². The average Bonchev–Trinajstić information content (AvgIpc) is 2.54. The average molecular weight is 204 g/mol. The molecule has 2 rings (SSSR count). The van der Waals surface area contributed by atoms with Gasteiger partial charge in [0.25, 0.3) is 5.91 Å². The molecule has 1 aromatic carbocycles. The molecule has 15 heavy (non-hydrogen) atoms. The van der Waals surface area contributed by atoms with E-state index in [1.165, 1.54) is 0 Å². The molecule has 0 saturated carbocycles. The highest BCUT2D eigenvalue weighted by molar-refractivity contribution is 6.02. The fraction of sp³-hybridized carbons (Fsp3) is 0.417. The largest absolute Gasteiger partial charge is 0.398 e. The molecule has 0 bridgehead atoms. The van der Waals surface area contributed by atoms with Crippen molar-refractivity contribution in [3.8, 4) is 0 Å². The lowest BCUT2D eigenvalue weighted by atomic mass is 10.1. The third-order valence-electron chi connectivity index (χ3n) is 2.83. The van der Waals surface area contributed by atoms with Crippen LogP contribution in [0.4, 0.5) is 5.69 Å². The topological polar surface area (TPSA) is 46.3 Å². The van der Waals surface area contributed by atoms with E-state index in [0.29, 0.717) is 11.3 Å². The lowest BCUT2D eigenvalue weighted by Gasteiger charge is -2.14. The fourth-order valence-electron chi connectivity index (χ4n) is 1.98. The molecule has 0 spiro atoms. The predicted molar refractivity (Wildman–Crippen MR) is 60.5 cm³/mol. The molecule has 1 aromatic rings. The maximum Gasteiger partial charge on any atom is 0.256 e. The number of nitrogens with two attached hydrogens (primary N) is 1. The van der Waals surface area contributed by atoms with Crippen molar-refractivity contribution in [1.82, 2.24) is 4.90 Å². The van der Waals surface area contributed by atoms with E-state index in [0.717, 1.165) is 31.5 Å². The monoisotopic (exact) mass is 204 g/mol. The quantitative estimate of drug-likeness (QED) is 0.766. The van der Waals surface area contributed by atoms with Gasteiger partial charge < -0.3 is 10.6 Å². The van der Waals surface area contributed by atoms with E-state index in [4.69, 9.17) is 5.73 Å². The molecule has 0 aliphatic carbocycles. The van der Waals surface area contributed by atoms with Crippen molar-refractivity contribution < 1.29 is 4.79 Å². The van der Waals surface area contributed by atoms with E-state index >= 15 is 0 Å². The van der Waals surface area contributed by atoms with Crippen molar-refractivity contribution in [3.05, 3.63) is 29.3 Å².